The summed E-state index contributed by atoms with van der Waals surface area (Å²) in [6, 6.07) is 14.6. The summed E-state index contributed by atoms with van der Waals surface area (Å²) in [6.45, 7) is 14.7. The third-order valence-corrected chi connectivity index (χ3v) is 13.5. The van der Waals surface area contributed by atoms with Crippen LogP contribution in [-0.4, -0.2) is 4.40 Å². The van der Waals surface area contributed by atoms with Crippen molar-refractivity contribution in [2.75, 3.05) is 0 Å². The van der Waals surface area contributed by atoms with Crippen molar-refractivity contribution < 1.29 is 25.8 Å². The SMILES string of the molecule is CCCCCC1(C)CC(C)(C)c2cc3c(cc21)n1ccc2cccc4c2c1[n+]3C(CC)(CC)[I-]4. The standard InChI is InChI=1S/C31H39IN2/c1-7-10-11-16-30(6)20-29(4,5)22-18-26-25(19-23(22)30)33-17-15-21-13-12-14-24-27(21)28(33)34(26)31(8-2,9-3)32-24/h12-15,17-19H,7-11,16,20H2,1-6H3. The van der Waals surface area contributed by atoms with Gasteiger partial charge in [0, 0.05) is 0 Å². The fraction of sp³-hybridized carbons (Fsp3) is 0.516. The summed E-state index contributed by atoms with van der Waals surface area (Å²) in [4.78, 5) is 0. The summed E-state index contributed by atoms with van der Waals surface area (Å²) >= 11 is -0.136. The van der Waals surface area contributed by atoms with Crippen LogP contribution in [-0.2, 0) is 14.4 Å². The van der Waals surface area contributed by atoms with Crippen LogP contribution in [0.3, 0.4) is 0 Å². The maximum atomic E-state index is 2.81. The number of rotatable bonds is 6. The van der Waals surface area contributed by atoms with Gasteiger partial charge in [-0.25, -0.2) is 0 Å². The van der Waals surface area contributed by atoms with Crippen molar-refractivity contribution in [3.05, 3.63) is 57.3 Å². The van der Waals surface area contributed by atoms with E-state index >= 15 is 0 Å². The molecule has 0 saturated carbocycles. The molecule has 1 unspecified atom stereocenters. The van der Waals surface area contributed by atoms with Gasteiger partial charge in [0.15, 0.2) is 0 Å². The Bertz CT molecular complexity index is 1440. The Morgan fingerprint density at radius 1 is 0.971 bits per heavy atom. The van der Waals surface area contributed by atoms with Crippen LogP contribution < -0.4 is 25.8 Å². The summed E-state index contributed by atoms with van der Waals surface area (Å²) in [7, 11) is 0. The molecule has 2 aromatic carbocycles. The minimum absolute atomic E-state index is 0.136. The van der Waals surface area contributed by atoms with Crippen molar-refractivity contribution in [1.29, 1.82) is 0 Å². The van der Waals surface area contributed by atoms with Gasteiger partial charge in [0.05, 0.1) is 0 Å². The molecule has 1 atom stereocenters. The molecule has 0 N–H and O–H groups in total. The Morgan fingerprint density at radius 2 is 1.76 bits per heavy atom. The van der Waals surface area contributed by atoms with Gasteiger partial charge in [-0.05, 0) is 0 Å². The van der Waals surface area contributed by atoms with E-state index < -0.39 is 0 Å². The summed E-state index contributed by atoms with van der Waals surface area (Å²) in [5.41, 5.74) is 8.05. The monoisotopic (exact) mass is 566 g/mol. The number of benzene rings is 2. The van der Waals surface area contributed by atoms with Crippen molar-refractivity contribution in [3.8, 4) is 0 Å². The predicted molar refractivity (Wildman–Crippen MR) is 139 cm³/mol. The molecule has 1 aliphatic carbocycles. The van der Waals surface area contributed by atoms with Crippen LogP contribution in [0.25, 0.3) is 27.5 Å². The molecule has 4 aromatic rings. The fourth-order valence-electron chi connectivity index (χ4n) is 7.37. The molecular formula is C31H39IN2. The molecule has 0 saturated heterocycles. The zero-order valence-electron chi connectivity index (χ0n) is 21.8. The Labute approximate surface area is 215 Å². The summed E-state index contributed by atoms with van der Waals surface area (Å²) in [5.74, 6) is 0. The van der Waals surface area contributed by atoms with Crippen molar-refractivity contribution >= 4 is 27.5 Å². The number of nitrogens with zero attached hydrogens (tertiary/aromatic N) is 2. The number of aromatic nitrogens is 2. The second kappa shape index (κ2) is 7.69. The van der Waals surface area contributed by atoms with Crippen molar-refractivity contribution in [2.24, 2.45) is 0 Å². The molecule has 2 nitrogen and oxygen atoms in total. The van der Waals surface area contributed by atoms with E-state index in [-0.39, 0.29) is 35.6 Å². The topological polar surface area (TPSA) is 8.29 Å². The molecule has 3 heterocycles. The Balaban J connectivity index is 1.72. The van der Waals surface area contributed by atoms with Gasteiger partial charge in [-0.15, -0.1) is 0 Å². The summed E-state index contributed by atoms with van der Waals surface area (Å²) in [5, 5.41) is 2.91. The molecule has 0 amide bonds. The maximum absolute atomic E-state index is 2.81. The van der Waals surface area contributed by atoms with E-state index in [4.69, 9.17) is 0 Å². The number of hydrogen-bond donors (Lipinski definition) is 0. The van der Waals surface area contributed by atoms with Gasteiger partial charge in [-0.1, -0.05) is 0 Å². The number of unbranched alkanes of at least 4 members (excludes halogenated alkanes) is 2. The van der Waals surface area contributed by atoms with Crippen LogP contribution in [0.2, 0.25) is 0 Å². The zero-order chi connectivity index (χ0) is 23.9. The van der Waals surface area contributed by atoms with E-state index in [1.165, 1.54) is 72.4 Å². The normalized spacial score (nSPS) is 22.5. The number of halogens is 1. The number of imidazole rings is 1. The van der Waals surface area contributed by atoms with Crippen LogP contribution in [0.1, 0.15) is 97.6 Å². The van der Waals surface area contributed by atoms with Crippen LogP contribution in [0.15, 0.2) is 42.6 Å². The predicted octanol–water partition coefficient (Wildman–Crippen LogP) is 4.80. The van der Waals surface area contributed by atoms with E-state index in [0.29, 0.717) is 0 Å². The number of pyridine rings is 1. The third-order valence-electron chi connectivity index (χ3n) is 9.03. The van der Waals surface area contributed by atoms with Gasteiger partial charge in [0.1, 0.15) is 0 Å². The average molecular weight is 567 g/mol. The molecule has 0 radical (unpaired) electrons. The van der Waals surface area contributed by atoms with Crippen LogP contribution in [0.4, 0.5) is 0 Å². The zero-order valence-corrected chi connectivity index (χ0v) is 23.9. The van der Waals surface area contributed by atoms with Gasteiger partial charge < -0.3 is 0 Å². The second-order valence-electron chi connectivity index (χ2n) is 11.7. The summed E-state index contributed by atoms with van der Waals surface area (Å²) < 4.78 is 7.23. The first-order valence-electron chi connectivity index (χ1n) is 13.4. The van der Waals surface area contributed by atoms with Crippen LogP contribution in [0, 0.1) is 3.57 Å². The number of hydrogen-bond acceptors (Lipinski definition) is 0. The molecule has 1 aliphatic heterocycles. The van der Waals surface area contributed by atoms with Gasteiger partial charge >= 0.3 is 216 Å². The molecule has 180 valence electrons. The van der Waals surface area contributed by atoms with E-state index in [2.05, 4.69) is 93.1 Å². The first-order valence-corrected chi connectivity index (χ1v) is 15.6. The molecule has 3 heteroatoms. The van der Waals surface area contributed by atoms with E-state index in [1.807, 2.05) is 0 Å². The van der Waals surface area contributed by atoms with Gasteiger partial charge in [-0.3, -0.25) is 0 Å². The molecule has 2 aliphatic rings. The molecule has 0 spiro atoms. The molecular weight excluding hydrogens is 527 g/mol. The third kappa shape index (κ3) is 2.94. The number of alkyl halides is 1. The van der Waals surface area contributed by atoms with E-state index in [1.54, 1.807) is 14.7 Å². The average Bonchev–Trinajstić information content (AvgIpc) is 3.26. The minimum atomic E-state index is -0.136. The molecule has 2 aromatic heterocycles. The van der Waals surface area contributed by atoms with Crippen molar-refractivity contribution in [1.82, 2.24) is 4.40 Å². The Morgan fingerprint density at radius 3 is 2.50 bits per heavy atom. The Hall–Kier alpha value is -1.62. The summed E-state index contributed by atoms with van der Waals surface area (Å²) in [6.07, 6.45) is 11.3. The quantitative estimate of drug-likeness (QED) is 0.137. The van der Waals surface area contributed by atoms with Crippen LogP contribution in [0.5, 0.6) is 0 Å². The fourth-order valence-corrected chi connectivity index (χ4v) is 11.2. The first-order chi connectivity index (χ1) is 16.3. The second-order valence-corrected chi connectivity index (χ2v) is 15.4. The van der Waals surface area contributed by atoms with Crippen molar-refractivity contribution in [2.45, 2.75) is 101 Å². The van der Waals surface area contributed by atoms with E-state index in [0.717, 1.165) is 0 Å². The molecule has 0 bridgehead atoms. The first kappa shape index (κ1) is 22.8. The van der Waals surface area contributed by atoms with E-state index in [9.17, 15) is 0 Å². The number of fused-ring (bicyclic) bond motifs is 4. The van der Waals surface area contributed by atoms with Gasteiger partial charge in [0.25, 0.3) is 0 Å². The van der Waals surface area contributed by atoms with Crippen LogP contribution >= 0.6 is 0 Å². The van der Waals surface area contributed by atoms with Crippen molar-refractivity contribution in [3.63, 3.8) is 0 Å². The van der Waals surface area contributed by atoms with Gasteiger partial charge in [0.2, 0.25) is 0 Å². The Kier molecular flexibility index (Phi) is 5.16. The van der Waals surface area contributed by atoms with Gasteiger partial charge in [-0.2, -0.15) is 0 Å². The molecule has 6 rings (SSSR count). The molecule has 34 heavy (non-hydrogen) atoms. The molecule has 0 fully saturated rings.